The first-order chi connectivity index (χ1) is 8.38. The van der Waals surface area contributed by atoms with E-state index in [1.807, 2.05) is 0 Å². The summed E-state index contributed by atoms with van der Waals surface area (Å²) in [7, 11) is 0. The molecular weight excluding hydrogens is 246 g/mol. The Morgan fingerprint density at radius 3 is 2.33 bits per heavy atom. The van der Waals surface area contributed by atoms with Crippen LogP contribution in [0.1, 0.15) is 25.3 Å². The van der Waals surface area contributed by atoms with Crippen molar-refractivity contribution < 1.29 is 17.6 Å². The monoisotopic (exact) mass is 261 g/mol. The van der Waals surface area contributed by atoms with Gasteiger partial charge in [0, 0.05) is 18.8 Å². The summed E-state index contributed by atoms with van der Waals surface area (Å²) in [5.74, 6) is -0.313. The second-order valence-electron chi connectivity index (χ2n) is 4.83. The number of alkyl halides is 3. The molecule has 0 aromatic heterocycles. The summed E-state index contributed by atoms with van der Waals surface area (Å²) in [4.78, 5) is 1.70. The molecule has 1 saturated heterocycles. The van der Waals surface area contributed by atoms with Gasteiger partial charge in [0.1, 0.15) is 5.82 Å². The second kappa shape index (κ2) is 4.78. The molecule has 0 radical (unpaired) electrons. The van der Waals surface area contributed by atoms with Crippen molar-refractivity contribution >= 4 is 5.69 Å². The van der Waals surface area contributed by atoms with Crippen LogP contribution in [-0.4, -0.2) is 13.1 Å². The minimum Gasteiger partial charge on any atom is -0.371 e. The Kier molecular flexibility index (Phi) is 3.50. The molecule has 1 aromatic rings. The molecule has 1 nitrogen and oxygen atoms in total. The quantitative estimate of drug-likeness (QED) is 0.688. The molecule has 0 atom stereocenters. The van der Waals surface area contributed by atoms with E-state index in [-0.39, 0.29) is 5.69 Å². The van der Waals surface area contributed by atoms with Gasteiger partial charge in [0.25, 0.3) is 0 Å². The number of rotatable bonds is 1. The number of halogens is 4. The molecule has 0 saturated carbocycles. The fourth-order valence-corrected chi connectivity index (χ4v) is 2.26. The molecule has 1 fully saturated rings. The summed E-state index contributed by atoms with van der Waals surface area (Å²) < 4.78 is 51.6. The lowest BCUT2D eigenvalue weighted by Gasteiger charge is -2.33. The molecule has 1 aliphatic heterocycles. The van der Waals surface area contributed by atoms with Crippen LogP contribution in [0.5, 0.6) is 0 Å². The summed E-state index contributed by atoms with van der Waals surface area (Å²) in [5.41, 5.74) is -0.784. The van der Waals surface area contributed by atoms with Crippen molar-refractivity contribution in [3.63, 3.8) is 0 Å². The van der Waals surface area contributed by atoms with Crippen LogP contribution in [0.15, 0.2) is 18.2 Å². The first-order valence-electron chi connectivity index (χ1n) is 5.99. The van der Waals surface area contributed by atoms with Gasteiger partial charge in [-0.05, 0) is 37.0 Å². The van der Waals surface area contributed by atoms with Gasteiger partial charge in [-0.2, -0.15) is 13.2 Å². The molecular formula is C13H15F4N. The molecule has 5 heteroatoms. The Morgan fingerprint density at radius 1 is 1.17 bits per heavy atom. The van der Waals surface area contributed by atoms with Crippen LogP contribution in [0.3, 0.4) is 0 Å². The minimum absolute atomic E-state index is 0.0933. The summed E-state index contributed by atoms with van der Waals surface area (Å²) in [5, 5.41) is 0. The predicted octanol–water partition coefficient (Wildman–Crippen LogP) is 4.08. The smallest absolute Gasteiger partial charge is 0.371 e. The Balaban J connectivity index is 2.32. The maximum absolute atomic E-state index is 13.0. The fraction of sp³-hybridized carbons (Fsp3) is 0.538. The first kappa shape index (κ1) is 13.2. The normalized spacial score (nSPS) is 18.2. The molecule has 1 heterocycles. The maximum Gasteiger partial charge on any atom is 0.418 e. The van der Waals surface area contributed by atoms with Crippen molar-refractivity contribution in [2.24, 2.45) is 5.92 Å². The van der Waals surface area contributed by atoms with Crippen LogP contribution >= 0.6 is 0 Å². The molecule has 1 aromatic carbocycles. The van der Waals surface area contributed by atoms with E-state index in [0.717, 1.165) is 18.9 Å². The van der Waals surface area contributed by atoms with Gasteiger partial charge >= 0.3 is 6.18 Å². The van der Waals surface area contributed by atoms with Crippen LogP contribution in [0.25, 0.3) is 0 Å². The van der Waals surface area contributed by atoms with Gasteiger partial charge in [-0.1, -0.05) is 6.92 Å². The van der Waals surface area contributed by atoms with E-state index in [2.05, 4.69) is 6.92 Å². The number of piperidine rings is 1. The summed E-state index contributed by atoms with van der Waals surface area (Å²) >= 11 is 0. The molecule has 0 unspecified atom stereocenters. The lowest BCUT2D eigenvalue weighted by Crippen LogP contribution is -2.34. The molecule has 0 spiro atoms. The van der Waals surface area contributed by atoms with E-state index < -0.39 is 17.6 Å². The number of nitrogens with zero attached hydrogens (tertiary/aromatic N) is 1. The minimum atomic E-state index is -4.51. The highest BCUT2D eigenvalue weighted by molar-refractivity contribution is 5.55. The number of anilines is 1. The average Bonchev–Trinajstić information content (AvgIpc) is 2.29. The van der Waals surface area contributed by atoms with Gasteiger partial charge in [-0.25, -0.2) is 4.39 Å². The SMILES string of the molecule is CC1CCN(c2ccc(F)cc2C(F)(F)F)CC1. The van der Waals surface area contributed by atoms with Gasteiger partial charge in [-0.15, -0.1) is 0 Å². The highest BCUT2D eigenvalue weighted by Crippen LogP contribution is 2.38. The molecule has 0 bridgehead atoms. The van der Waals surface area contributed by atoms with Gasteiger partial charge in [-0.3, -0.25) is 0 Å². The van der Waals surface area contributed by atoms with Crippen molar-refractivity contribution in [3.05, 3.63) is 29.6 Å². The molecule has 1 aliphatic rings. The van der Waals surface area contributed by atoms with Crippen LogP contribution in [0.4, 0.5) is 23.2 Å². The highest BCUT2D eigenvalue weighted by Gasteiger charge is 2.35. The molecule has 0 amide bonds. The Morgan fingerprint density at radius 2 is 1.78 bits per heavy atom. The van der Waals surface area contributed by atoms with Gasteiger partial charge < -0.3 is 4.90 Å². The van der Waals surface area contributed by atoms with E-state index >= 15 is 0 Å². The lowest BCUT2D eigenvalue weighted by atomic mass is 9.98. The third-order valence-electron chi connectivity index (χ3n) is 3.39. The number of hydrogen-bond acceptors (Lipinski definition) is 1. The van der Waals surface area contributed by atoms with Crippen molar-refractivity contribution in [3.8, 4) is 0 Å². The van der Waals surface area contributed by atoms with E-state index in [9.17, 15) is 17.6 Å². The van der Waals surface area contributed by atoms with Crippen LogP contribution in [-0.2, 0) is 6.18 Å². The van der Waals surface area contributed by atoms with Crippen molar-refractivity contribution in [2.75, 3.05) is 18.0 Å². The molecule has 18 heavy (non-hydrogen) atoms. The molecule has 2 rings (SSSR count). The van der Waals surface area contributed by atoms with Gasteiger partial charge in [0.05, 0.1) is 5.56 Å². The zero-order valence-corrected chi connectivity index (χ0v) is 10.1. The topological polar surface area (TPSA) is 3.24 Å². The zero-order chi connectivity index (χ0) is 13.3. The predicted molar refractivity (Wildman–Crippen MR) is 62.0 cm³/mol. The third kappa shape index (κ3) is 2.76. The van der Waals surface area contributed by atoms with Crippen LogP contribution < -0.4 is 4.90 Å². The molecule has 0 N–H and O–H groups in total. The van der Waals surface area contributed by atoms with Crippen molar-refractivity contribution in [1.82, 2.24) is 0 Å². The average molecular weight is 261 g/mol. The van der Waals surface area contributed by atoms with E-state index in [0.29, 0.717) is 25.1 Å². The van der Waals surface area contributed by atoms with Crippen LogP contribution in [0, 0.1) is 11.7 Å². The fourth-order valence-electron chi connectivity index (χ4n) is 2.26. The van der Waals surface area contributed by atoms with E-state index in [1.54, 1.807) is 4.90 Å². The third-order valence-corrected chi connectivity index (χ3v) is 3.39. The lowest BCUT2D eigenvalue weighted by molar-refractivity contribution is -0.137. The Hall–Kier alpha value is -1.26. The van der Waals surface area contributed by atoms with E-state index in [1.165, 1.54) is 6.07 Å². The zero-order valence-electron chi connectivity index (χ0n) is 10.1. The Labute approximate surface area is 103 Å². The summed E-state index contributed by atoms with van der Waals surface area (Å²) in [6, 6.07) is 2.89. The molecule has 100 valence electrons. The standard InChI is InChI=1S/C13H15F4N/c1-9-4-6-18(7-5-9)12-3-2-10(14)8-11(12)13(15,16)17/h2-3,8-9H,4-7H2,1H3. The first-order valence-corrected chi connectivity index (χ1v) is 5.99. The van der Waals surface area contributed by atoms with Crippen molar-refractivity contribution in [2.45, 2.75) is 25.9 Å². The maximum atomic E-state index is 13.0. The number of hydrogen-bond donors (Lipinski definition) is 0. The Bertz CT molecular complexity index is 419. The summed E-state index contributed by atoms with van der Waals surface area (Å²) in [6.07, 6.45) is -2.77. The largest absolute Gasteiger partial charge is 0.418 e. The highest BCUT2D eigenvalue weighted by atomic mass is 19.4. The molecule has 0 aliphatic carbocycles. The van der Waals surface area contributed by atoms with Crippen molar-refractivity contribution in [1.29, 1.82) is 0 Å². The second-order valence-corrected chi connectivity index (χ2v) is 4.83. The van der Waals surface area contributed by atoms with Gasteiger partial charge in [0.2, 0.25) is 0 Å². The number of benzene rings is 1. The summed E-state index contributed by atoms with van der Waals surface area (Å²) in [6.45, 7) is 3.28. The van der Waals surface area contributed by atoms with Crippen LogP contribution in [0.2, 0.25) is 0 Å². The van der Waals surface area contributed by atoms with E-state index in [4.69, 9.17) is 0 Å². The van der Waals surface area contributed by atoms with Gasteiger partial charge in [0.15, 0.2) is 0 Å².